The molecule has 1 aromatic rings. The van der Waals surface area contributed by atoms with Gasteiger partial charge in [-0.3, -0.25) is 11.3 Å². The molecule has 0 aliphatic carbocycles. The Bertz CT molecular complexity index is 407. The summed E-state index contributed by atoms with van der Waals surface area (Å²) in [6.07, 6.45) is -0.512. The molecular formula is C13H17F3N2O. The Hall–Kier alpha value is -1.53. The third kappa shape index (κ3) is 5.76. The van der Waals surface area contributed by atoms with Gasteiger partial charge in [0.2, 0.25) is 0 Å². The molecule has 0 spiro atoms. The fourth-order valence-corrected chi connectivity index (χ4v) is 1.74. The van der Waals surface area contributed by atoms with E-state index < -0.39 is 6.36 Å². The fraction of sp³-hybridized carbons (Fsp3) is 0.385. The predicted molar refractivity (Wildman–Crippen MR) is 67.2 cm³/mol. The van der Waals surface area contributed by atoms with Crippen LogP contribution in [0.1, 0.15) is 30.9 Å². The van der Waals surface area contributed by atoms with Crippen molar-refractivity contribution >= 4 is 0 Å². The first-order chi connectivity index (χ1) is 8.96. The monoisotopic (exact) mass is 274 g/mol. The average Bonchev–Trinajstić information content (AvgIpc) is 2.33. The number of benzene rings is 1. The number of hydrogen-bond donors (Lipinski definition) is 2. The van der Waals surface area contributed by atoms with Gasteiger partial charge in [-0.25, -0.2) is 0 Å². The van der Waals surface area contributed by atoms with Gasteiger partial charge in [-0.1, -0.05) is 18.2 Å². The van der Waals surface area contributed by atoms with E-state index in [1.54, 1.807) is 12.1 Å². The third-order valence-electron chi connectivity index (χ3n) is 2.60. The van der Waals surface area contributed by atoms with Gasteiger partial charge in [0.15, 0.2) is 0 Å². The van der Waals surface area contributed by atoms with Crippen LogP contribution in [0.3, 0.4) is 0 Å². The second kappa shape index (κ2) is 7.16. The second-order valence-corrected chi connectivity index (χ2v) is 4.06. The molecule has 1 rings (SSSR count). The molecule has 0 amide bonds. The summed E-state index contributed by atoms with van der Waals surface area (Å²) in [6, 6.07) is 5.60. The van der Waals surface area contributed by atoms with Gasteiger partial charge in [-0.15, -0.1) is 19.8 Å². The highest BCUT2D eigenvalue weighted by atomic mass is 19.4. The zero-order valence-electron chi connectivity index (χ0n) is 10.4. The van der Waals surface area contributed by atoms with Crippen LogP contribution in [0, 0.1) is 0 Å². The molecule has 6 heteroatoms. The Kier molecular flexibility index (Phi) is 5.85. The highest BCUT2D eigenvalue weighted by Gasteiger charge is 2.31. The third-order valence-corrected chi connectivity index (χ3v) is 2.60. The predicted octanol–water partition coefficient (Wildman–Crippen LogP) is 3.45. The minimum Gasteiger partial charge on any atom is -0.406 e. The molecule has 1 unspecified atom stereocenters. The number of hydrazine groups is 1. The number of allylic oxidation sites excluding steroid dienone is 1. The molecule has 3 nitrogen and oxygen atoms in total. The van der Waals surface area contributed by atoms with Crippen molar-refractivity contribution in [3.8, 4) is 5.75 Å². The molecule has 0 heterocycles. The van der Waals surface area contributed by atoms with Crippen LogP contribution in [-0.4, -0.2) is 6.36 Å². The van der Waals surface area contributed by atoms with Crippen LogP contribution in [-0.2, 0) is 0 Å². The maximum Gasteiger partial charge on any atom is 0.573 e. The maximum absolute atomic E-state index is 12.1. The van der Waals surface area contributed by atoms with E-state index in [9.17, 15) is 13.2 Å². The van der Waals surface area contributed by atoms with Crippen molar-refractivity contribution in [2.75, 3.05) is 0 Å². The van der Waals surface area contributed by atoms with Crippen LogP contribution in [0.25, 0.3) is 0 Å². The van der Waals surface area contributed by atoms with Crippen molar-refractivity contribution in [2.24, 2.45) is 5.84 Å². The maximum atomic E-state index is 12.1. The molecule has 0 saturated carbocycles. The van der Waals surface area contributed by atoms with Gasteiger partial charge in [0.25, 0.3) is 0 Å². The van der Waals surface area contributed by atoms with E-state index in [0.717, 1.165) is 12.8 Å². The molecule has 0 saturated heterocycles. The number of ether oxygens (including phenoxy) is 1. The summed E-state index contributed by atoms with van der Waals surface area (Å²) in [6.45, 7) is 3.61. The zero-order valence-corrected chi connectivity index (χ0v) is 10.4. The fourth-order valence-electron chi connectivity index (χ4n) is 1.74. The number of hydrogen-bond acceptors (Lipinski definition) is 3. The Morgan fingerprint density at radius 3 is 2.74 bits per heavy atom. The number of halogens is 3. The van der Waals surface area contributed by atoms with Gasteiger partial charge in [0.1, 0.15) is 5.75 Å². The quantitative estimate of drug-likeness (QED) is 0.346. The molecule has 19 heavy (non-hydrogen) atoms. The molecular weight excluding hydrogens is 257 g/mol. The summed E-state index contributed by atoms with van der Waals surface area (Å²) in [5.41, 5.74) is 3.26. The number of nitrogens with two attached hydrogens (primary N) is 1. The van der Waals surface area contributed by atoms with Crippen LogP contribution in [0.2, 0.25) is 0 Å². The Morgan fingerprint density at radius 1 is 1.42 bits per heavy atom. The minimum atomic E-state index is -4.69. The van der Waals surface area contributed by atoms with Gasteiger partial charge in [-0.2, -0.15) is 0 Å². The molecule has 106 valence electrons. The Balaban J connectivity index is 2.75. The average molecular weight is 274 g/mol. The molecule has 0 fully saturated rings. The van der Waals surface area contributed by atoms with Crippen LogP contribution >= 0.6 is 0 Å². The molecule has 1 aromatic carbocycles. The number of nitrogens with one attached hydrogen (secondary N) is 1. The molecule has 1 atom stereocenters. The van der Waals surface area contributed by atoms with Crippen LogP contribution in [0.4, 0.5) is 13.2 Å². The zero-order chi connectivity index (χ0) is 14.3. The smallest absolute Gasteiger partial charge is 0.406 e. The molecule has 3 N–H and O–H groups in total. The Labute approximate surface area is 110 Å². The van der Waals surface area contributed by atoms with Gasteiger partial charge >= 0.3 is 6.36 Å². The lowest BCUT2D eigenvalue weighted by Crippen LogP contribution is -2.28. The van der Waals surface area contributed by atoms with Crippen molar-refractivity contribution in [2.45, 2.75) is 31.7 Å². The number of unbranched alkanes of at least 4 members (excludes halogenated alkanes) is 1. The topological polar surface area (TPSA) is 47.3 Å². The van der Waals surface area contributed by atoms with Crippen LogP contribution < -0.4 is 16.0 Å². The lowest BCUT2D eigenvalue weighted by Gasteiger charge is -2.17. The van der Waals surface area contributed by atoms with Crippen LogP contribution in [0.5, 0.6) is 5.75 Å². The van der Waals surface area contributed by atoms with Gasteiger partial charge < -0.3 is 4.74 Å². The van der Waals surface area contributed by atoms with Crippen molar-refractivity contribution in [1.82, 2.24) is 5.43 Å². The lowest BCUT2D eigenvalue weighted by atomic mass is 10.0. The summed E-state index contributed by atoms with van der Waals surface area (Å²) in [5.74, 6) is 5.18. The van der Waals surface area contributed by atoms with E-state index in [0.29, 0.717) is 12.0 Å². The molecule has 0 bridgehead atoms. The standard InChI is InChI=1S/C13H17F3N2O/c1-2-3-4-8-12(18-17)10-6-5-7-11(9-10)19-13(14,15)16/h2,5-7,9,12,18H,1,3-4,8,17H2. The summed E-state index contributed by atoms with van der Waals surface area (Å²) >= 11 is 0. The normalized spacial score (nSPS) is 13.1. The van der Waals surface area contributed by atoms with E-state index in [4.69, 9.17) is 5.84 Å². The van der Waals surface area contributed by atoms with E-state index in [1.807, 2.05) is 0 Å². The molecule has 0 aliphatic heterocycles. The van der Waals surface area contributed by atoms with Crippen molar-refractivity contribution in [1.29, 1.82) is 0 Å². The Morgan fingerprint density at radius 2 is 2.16 bits per heavy atom. The van der Waals surface area contributed by atoms with E-state index >= 15 is 0 Å². The first-order valence-corrected chi connectivity index (χ1v) is 5.89. The summed E-state index contributed by atoms with van der Waals surface area (Å²) in [4.78, 5) is 0. The van der Waals surface area contributed by atoms with Gasteiger partial charge in [0.05, 0.1) is 0 Å². The lowest BCUT2D eigenvalue weighted by molar-refractivity contribution is -0.274. The molecule has 0 aliphatic rings. The highest BCUT2D eigenvalue weighted by Crippen LogP contribution is 2.27. The minimum absolute atomic E-state index is 0.211. The summed E-state index contributed by atoms with van der Waals surface area (Å²) < 4.78 is 40.3. The van der Waals surface area contributed by atoms with E-state index in [1.165, 1.54) is 18.2 Å². The van der Waals surface area contributed by atoms with Gasteiger partial charge in [-0.05, 0) is 37.0 Å². The number of rotatable bonds is 7. The highest BCUT2D eigenvalue weighted by molar-refractivity contribution is 5.30. The first kappa shape index (κ1) is 15.5. The van der Waals surface area contributed by atoms with E-state index in [-0.39, 0.29) is 11.8 Å². The van der Waals surface area contributed by atoms with Crippen molar-refractivity contribution < 1.29 is 17.9 Å². The molecule has 0 radical (unpaired) electrons. The largest absolute Gasteiger partial charge is 0.573 e. The SMILES string of the molecule is C=CCCCC(NN)c1cccc(OC(F)(F)F)c1. The van der Waals surface area contributed by atoms with E-state index in [2.05, 4.69) is 16.7 Å². The first-order valence-electron chi connectivity index (χ1n) is 5.89. The van der Waals surface area contributed by atoms with Gasteiger partial charge in [0, 0.05) is 6.04 Å². The second-order valence-electron chi connectivity index (χ2n) is 4.06. The summed E-state index contributed by atoms with van der Waals surface area (Å²) in [7, 11) is 0. The van der Waals surface area contributed by atoms with Crippen LogP contribution in [0.15, 0.2) is 36.9 Å². The number of alkyl halides is 3. The molecule has 0 aromatic heterocycles. The van der Waals surface area contributed by atoms with Crippen molar-refractivity contribution in [3.63, 3.8) is 0 Å². The van der Waals surface area contributed by atoms with Crippen molar-refractivity contribution in [3.05, 3.63) is 42.5 Å². The summed E-state index contributed by atoms with van der Waals surface area (Å²) in [5, 5.41) is 0.